The van der Waals surface area contributed by atoms with Gasteiger partial charge in [0, 0.05) is 27.2 Å². The highest BCUT2D eigenvalue weighted by molar-refractivity contribution is 9.10. The Morgan fingerprint density at radius 1 is 1.28 bits per heavy atom. The lowest BCUT2D eigenvalue weighted by Gasteiger charge is -2.22. The molecule has 1 amide bonds. The van der Waals surface area contributed by atoms with E-state index in [-0.39, 0.29) is 18.7 Å². The molecule has 0 spiro atoms. The summed E-state index contributed by atoms with van der Waals surface area (Å²) in [6.45, 7) is 3.90. The van der Waals surface area contributed by atoms with E-state index in [4.69, 9.17) is 11.6 Å². The van der Waals surface area contributed by atoms with E-state index in [1.165, 1.54) is 4.90 Å². The summed E-state index contributed by atoms with van der Waals surface area (Å²) in [4.78, 5) is 26.9. The Bertz CT molecular complexity index is 865. The predicted octanol–water partition coefficient (Wildman–Crippen LogP) is 4.10. The fourth-order valence-electron chi connectivity index (χ4n) is 2.97. The molecular weight excluding hydrogens is 406 g/mol. The van der Waals surface area contributed by atoms with Crippen molar-refractivity contribution in [2.24, 2.45) is 0 Å². The van der Waals surface area contributed by atoms with Gasteiger partial charge in [0.1, 0.15) is 0 Å². The van der Waals surface area contributed by atoms with Gasteiger partial charge in [-0.2, -0.15) is 0 Å². The van der Waals surface area contributed by atoms with Gasteiger partial charge in [0.05, 0.1) is 12.1 Å². The molecule has 1 aliphatic heterocycles. The first-order chi connectivity index (χ1) is 11.9. The predicted molar refractivity (Wildman–Crippen MR) is 101 cm³/mol. The molecule has 128 valence electrons. The molecule has 1 heterocycles. The number of carbonyl (C=O) groups excluding carboxylic acids is 2. The van der Waals surface area contributed by atoms with Crippen LogP contribution < -0.4 is 4.90 Å². The van der Waals surface area contributed by atoms with Crippen LogP contribution in [0, 0.1) is 0 Å². The van der Waals surface area contributed by atoms with Crippen molar-refractivity contribution in [2.45, 2.75) is 12.0 Å². The first-order valence-corrected chi connectivity index (χ1v) is 8.78. The molecule has 2 aromatic rings. The van der Waals surface area contributed by atoms with Gasteiger partial charge in [-0.25, -0.2) is 0 Å². The fraction of sp³-hybridized carbons (Fsp3) is 0.158. The molecule has 0 unspecified atom stereocenters. The molecular formula is C19H15BrClNO3. The minimum atomic E-state index is -1.90. The SMILES string of the molecule is C=CCN1C(=O)[C@@](O)(CC(=O)c2ccc(Cl)cc2)c2cc(Br)ccc21. The second kappa shape index (κ2) is 6.75. The molecule has 1 aliphatic rings. The topological polar surface area (TPSA) is 57.6 Å². The van der Waals surface area contributed by atoms with E-state index in [1.807, 2.05) is 0 Å². The van der Waals surface area contributed by atoms with Crippen LogP contribution in [0.1, 0.15) is 22.3 Å². The van der Waals surface area contributed by atoms with Crippen molar-refractivity contribution in [3.05, 3.63) is 75.7 Å². The maximum Gasteiger partial charge on any atom is 0.264 e. The summed E-state index contributed by atoms with van der Waals surface area (Å²) in [5, 5.41) is 11.6. The average molecular weight is 421 g/mol. The van der Waals surface area contributed by atoms with Crippen LogP contribution >= 0.6 is 27.5 Å². The number of nitrogens with zero attached hydrogens (tertiary/aromatic N) is 1. The number of carbonyl (C=O) groups is 2. The third-order valence-corrected chi connectivity index (χ3v) is 4.93. The number of ketones is 1. The zero-order valence-electron chi connectivity index (χ0n) is 13.2. The van der Waals surface area contributed by atoms with Crippen molar-refractivity contribution in [3.63, 3.8) is 0 Å². The molecule has 0 fully saturated rings. The standard InChI is InChI=1S/C19H15BrClNO3/c1-2-9-22-16-8-5-13(20)10-15(16)19(25,18(22)24)11-17(23)12-3-6-14(21)7-4-12/h2-8,10,25H,1,9,11H2/t19-/m1/s1. The normalized spacial score (nSPS) is 19.0. The minimum absolute atomic E-state index is 0.255. The number of aliphatic hydroxyl groups is 1. The molecule has 0 aromatic heterocycles. The average Bonchev–Trinajstić information content (AvgIpc) is 2.77. The van der Waals surface area contributed by atoms with E-state index in [0.29, 0.717) is 21.8 Å². The highest BCUT2D eigenvalue weighted by atomic mass is 79.9. The largest absolute Gasteiger partial charge is 0.375 e. The lowest BCUT2D eigenvalue weighted by Crippen LogP contribution is -2.41. The third-order valence-electron chi connectivity index (χ3n) is 4.19. The van der Waals surface area contributed by atoms with Crippen LogP contribution in [0.4, 0.5) is 5.69 Å². The number of Topliss-reactive ketones (excluding diaryl/α,β-unsaturated/α-hetero) is 1. The molecule has 4 nitrogen and oxygen atoms in total. The molecule has 0 bridgehead atoms. The van der Waals surface area contributed by atoms with Gasteiger partial charge in [-0.05, 0) is 42.5 Å². The van der Waals surface area contributed by atoms with Crippen LogP contribution in [0.25, 0.3) is 0 Å². The Hall–Kier alpha value is -1.95. The second-order valence-electron chi connectivity index (χ2n) is 5.83. The van der Waals surface area contributed by atoms with Crippen LogP contribution in [-0.2, 0) is 10.4 Å². The summed E-state index contributed by atoms with van der Waals surface area (Å²) >= 11 is 9.19. The lowest BCUT2D eigenvalue weighted by atomic mass is 9.88. The summed E-state index contributed by atoms with van der Waals surface area (Å²) in [7, 11) is 0. The number of rotatable bonds is 5. The van der Waals surface area contributed by atoms with E-state index < -0.39 is 11.5 Å². The number of hydrogen-bond donors (Lipinski definition) is 1. The van der Waals surface area contributed by atoms with Crippen LogP contribution in [0.2, 0.25) is 5.02 Å². The summed E-state index contributed by atoms with van der Waals surface area (Å²) < 4.78 is 0.719. The lowest BCUT2D eigenvalue weighted by molar-refractivity contribution is -0.135. The Kier molecular flexibility index (Phi) is 4.82. The van der Waals surface area contributed by atoms with E-state index in [9.17, 15) is 14.7 Å². The Labute approximate surface area is 158 Å². The van der Waals surface area contributed by atoms with Crippen LogP contribution in [0.5, 0.6) is 0 Å². The van der Waals surface area contributed by atoms with Gasteiger partial charge in [-0.3, -0.25) is 9.59 Å². The maximum atomic E-state index is 12.8. The van der Waals surface area contributed by atoms with Crippen molar-refractivity contribution in [3.8, 4) is 0 Å². The van der Waals surface area contributed by atoms with Crippen LogP contribution in [0.3, 0.4) is 0 Å². The number of halogens is 2. The quantitative estimate of drug-likeness (QED) is 0.585. The minimum Gasteiger partial charge on any atom is -0.375 e. The first kappa shape index (κ1) is 17.9. The summed E-state index contributed by atoms with van der Waals surface area (Å²) in [6, 6.07) is 11.6. The number of anilines is 1. The highest BCUT2D eigenvalue weighted by Crippen LogP contribution is 2.44. The van der Waals surface area contributed by atoms with E-state index in [0.717, 1.165) is 4.47 Å². The van der Waals surface area contributed by atoms with Gasteiger partial charge in [0.25, 0.3) is 5.91 Å². The van der Waals surface area contributed by atoms with E-state index >= 15 is 0 Å². The third kappa shape index (κ3) is 3.15. The van der Waals surface area contributed by atoms with Crippen LogP contribution in [-0.4, -0.2) is 23.3 Å². The zero-order chi connectivity index (χ0) is 18.2. The molecule has 6 heteroatoms. The van der Waals surface area contributed by atoms with Gasteiger partial charge in [-0.15, -0.1) is 6.58 Å². The van der Waals surface area contributed by atoms with E-state index in [2.05, 4.69) is 22.5 Å². The molecule has 0 saturated heterocycles. The monoisotopic (exact) mass is 419 g/mol. The Balaban J connectivity index is 2.00. The molecule has 2 aromatic carbocycles. The Morgan fingerprint density at radius 2 is 1.96 bits per heavy atom. The summed E-state index contributed by atoms with van der Waals surface area (Å²) in [5.41, 5.74) is -0.515. The highest BCUT2D eigenvalue weighted by Gasteiger charge is 2.50. The number of fused-ring (bicyclic) bond motifs is 1. The van der Waals surface area contributed by atoms with Crippen molar-refractivity contribution in [2.75, 3.05) is 11.4 Å². The van der Waals surface area contributed by atoms with Crippen molar-refractivity contribution >= 4 is 44.9 Å². The van der Waals surface area contributed by atoms with E-state index in [1.54, 1.807) is 48.5 Å². The number of amides is 1. The van der Waals surface area contributed by atoms with Gasteiger partial charge >= 0.3 is 0 Å². The zero-order valence-corrected chi connectivity index (χ0v) is 15.5. The molecule has 0 radical (unpaired) electrons. The van der Waals surface area contributed by atoms with Gasteiger partial charge in [0.2, 0.25) is 0 Å². The second-order valence-corrected chi connectivity index (χ2v) is 7.19. The van der Waals surface area contributed by atoms with Gasteiger partial charge < -0.3 is 10.0 Å². The molecule has 0 saturated carbocycles. The van der Waals surface area contributed by atoms with Crippen molar-refractivity contribution in [1.29, 1.82) is 0 Å². The van der Waals surface area contributed by atoms with Crippen LogP contribution in [0.15, 0.2) is 59.6 Å². The molecule has 0 aliphatic carbocycles. The molecule has 1 atom stereocenters. The smallest absolute Gasteiger partial charge is 0.264 e. The molecule has 3 rings (SSSR count). The first-order valence-electron chi connectivity index (χ1n) is 7.61. The maximum absolute atomic E-state index is 12.8. The fourth-order valence-corrected chi connectivity index (χ4v) is 3.46. The summed E-state index contributed by atoms with van der Waals surface area (Å²) in [5.74, 6) is -0.860. The van der Waals surface area contributed by atoms with Crippen molar-refractivity contribution < 1.29 is 14.7 Å². The van der Waals surface area contributed by atoms with Gasteiger partial charge in [-0.1, -0.05) is 33.6 Å². The Morgan fingerprint density at radius 3 is 2.60 bits per heavy atom. The number of hydrogen-bond acceptors (Lipinski definition) is 3. The van der Waals surface area contributed by atoms with Crippen molar-refractivity contribution in [1.82, 2.24) is 0 Å². The number of benzene rings is 2. The molecule has 25 heavy (non-hydrogen) atoms. The summed E-state index contributed by atoms with van der Waals surface area (Å²) in [6.07, 6.45) is 1.24. The molecule has 1 N–H and O–H groups in total. The van der Waals surface area contributed by atoms with Gasteiger partial charge in [0.15, 0.2) is 11.4 Å².